The van der Waals surface area contributed by atoms with E-state index in [0.29, 0.717) is 6.61 Å². The largest absolute Gasteiger partial charge is 0.497 e. The summed E-state index contributed by atoms with van der Waals surface area (Å²) in [6.07, 6.45) is 0. The third kappa shape index (κ3) is 7.67. The lowest BCUT2D eigenvalue weighted by molar-refractivity contribution is -0.159. The van der Waals surface area contributed by atoms with Gasteiger partial charge in [-0.25, -0.2) is 9.59 Å². The fraction of sp³-hybridized carbons (Fsp3) is 0.263. The molecule has 0 unspecified atom stereocenters. The van der Waals surface area contributed by atoms with E-state index in [-0.39, 0.29) is 0 Å². The highest BCUT2D eigenvalue weighted by Gasteiger charge is 2.04. The van der Waals surface area contributed by atoms with E-state index in [1.54, 1.807) is 7.11 Å². The molecule has 0 bridgehead atoms. The van der Waals surface area contributed by atoms with Gasteiger partial charge in [-0.3, -0.25) is 0 Å². The number of benzene rings is 2. The minimum atomic E-state index is -1.82. The van der Waals surface area contributed by atoms with Gasteiger partial charge in [0.25, 0.3) is 0 Å². The van der Waals surface area contributed by atoms with E-state index in [1.807, 2.05) is 37.3 Å². The van der Waals surface area contributed by atoms with Crippen LogP contribution >= 0.6 is 0 Å². The average molecular weight is 361 g/mol. The van der Waals surface area contributed by atoms with E-state index < -0.39 is 11.9 Å². The molecule has 0 saturated carbocycles. The van der Waals surface area contributed by atoms with E-state index >= 15 is 0 Å². The molecule has 0 aliphatic carbocycles. The Labute approximate surface area is 152 Å². The van der Waals surface area contributed by atoms with E-state index in [4.69, 9.17) is 29.3 Å². The SMILES string of the molecule is CCOc1ccccc1CNCc1ccc(OC)cc1.O=C(O)C(=O)O. The molecule has 3 N–H and O–H groups in total. The minimum Gasteiger partial charge on any atom is -0.497 e. The van der Waals surface area contributed by atoms with Crippen LogP contribution in [0.5, 0.6) is 11.5 Å². The maximum Gasteiger partial charge on any atom is 0.414 e. The highest BCUT2D eigenvalue weighted by atomic mass is 16.5. The zero-order valence-electron chi connectivity index (χ0n) is 14.8. The van der Waals surface area contributed by atoms with Gasteiger partial charge in [0.2, 0.25) is 0 Å². The number of rotatable bonds is 7. The molecular formula is C19H23NO6. The lowest BCUT2D eigenvalue weighted by atomic mass is 10.2. The second-order valence-corrected chi connectivity index (χ2v) is 5.10. The van der Waals surface area contributed by atoms with Crippen molar-refractivity contribution < 1.29 is 29.3 Å². The molecule has 0 aliphatic rings. The maximum absolute atomic E-state index is 9.10. The van der Waals surface area contributed by atoms with Gasteiger partial charge in [-0.1, -0.05) is 30.3 Å². The van der Waals surface area contributed by atoms with Crippen LogP contribution in [0.4, 0.5) is 0 Å². The van der Waals surface area contributed by atoms with E-state index in [2.05, 4.69) is 23.5 Å². The van der Waals surface area contributed by atoms with Crippen LogP contribution in [-0.4, -0.2) is 35.9 Å². The molecule has 0 atom stereocenters. The summed E-state index contributed by atoms with van der Waals surface area (Å²) in [5.41, 5.74) is 2.42. The summed E-state index contributed by atoms with van der Waals surface area (Å²) in [5.74, 6) is -1.81. The van der Waals surface area contributed by atoms with Gasteiger partial charge < -0.3 is 25.0 Å². The molecule has 0 aliphatic heterocycles. The minimum absolute atomic E-state index is 0.690. The molecule has 0 heterocycles. The Morgan fingerprint density at radius 1 is 0.962 bits per heavy atom. The predicted molar refractivity (Wildman–Crippen MR) is 96.4 cm³/mol. The van der Waals surface area contributed by atoms with Crippen LogP contribution in [0.2, 0.25) is 0 Å². The highest BCUT2D eigenvalue weighted by Crippen LogP contribution is 2.18. The number of carboxylic acids is 2. The lowest BCUT2D eigenvalue weighted by Gasteiger charge is -2.11. The normalized spacial score (nSPS) is 9.62. The third-order valence-corrected chi connectivity index (χ3v) is 3.26. The first kappa shape index (κ1) is 21.0. The molecular weight excluding hydrogens is 338 g/mol. The Morgan fingerprint density at radius 2 is 1.58 bits per heavy atom. The van der Waals surface area contributed by atoms with Crippen molar-refractivity contribution in [2.75, 3.05) is 13.7 Å². The summed E-state index contributed by atoms with van der Waals surface area (Å²) in [7, 11) is 1.68. The van der Waals surface area contributed by atoms with E-state index in [1.165, 1.54) is 11.1 Å². The summed E-state index contributed by atoms with van der Waals surface area (Å²) in [6, 6.07) is 16.2. The van der Waals surface area contributed by atoms with Gasteiger partial charge in [-0.2, -0.15) is 0 Å². The Balaban J connectivity index is 0.000000487. The first-order valence-electron chi connectivity index (χ1n) is 7.98. The summed E-state index contributed by atoms with van der Waals surface area (Å²) in [6.45, 7) is 4.31. The second kappa shape index (κ2) is 11.5. The van der Waals surface area contributed by atoms with Gasteiger partial charge in [-0.05, 0) is 30.7 Å². The summed E-state index contributed by atoms with van der Waals surface area (Å²) in [4.78, 5) is 18.2. The Bertz CT molecular complexity index is 687. The first-order chi connectivity index (χ1) is 12.5. The van der Waals surface area contributed by atoms with Crippen molar-refractivity contribution in [1.29, 1.82) is 0 Å². The van der Waals surface area contributed by atoms with Crippen molar-refractivity contribution in [3.63, 3.8) is 0 Å². The van der Waals surface area contributed by atoms with Crippen molar-refractivity contribution >= 4 is 11.9 Å². The number of aliphatic carboxylic acids is 2. The summed E-state index contributed by atoms with van der Waals surface area (Å²) < 4.78 is 10.8. The molecule has 140 valence electrons. The van der Waals surface area contributed by atoms with Crippen LogP contribution in [0.25, 0.3) is 0 Å². The van der Waals surface area contributed by atoms with Gasteiger partial charge in [0.15, 0.2) is 0 Å². The second-order valence-electron chi connectivity index (χ2n) is 5.10. The topological polar surface area (TPSA) is 105 Å². The molecule has 0 radical (unpaired) electrons. The molecule has 2 rings (SSSR count). The molecule has 7 nitrogen and oxygen atoms in total. The van der Waals surface area contributed by atoms with Crippen LogP contribution in [-0.2, 0) is 22.7 Å². The highest BCUT2D eigenvalue weighted by molar-refractivity contribution is 6.27. The number of ether oxygens (including phenoxy) is 2. The van der Waals surface area contributed by atoms with Gasteiger partial charge in [-0.15, -0.1) is 0 Å². The summed E-state index contributed by atoms with van der Waals surface area (Å²) >= 11 is 0. The zero-order chi connectivity index (χ0) is 19.4. The molecule has 2 aromatic carbocycles. The Kier molecular flexibility index (Phi) is 9.27. The zero-order valence-corrected chi connectivity index (χ0v) is 14.8. The molecule has 0 amide bonds. The average Bonchev–Trinajstić information content (AvgIpc) is 2.64. The van der Waals surface area contributed by atoms with E-state index in [9.17, 15) is 0 Å². The Hall–Kier alpha value is -3.06. The van der Waals surface area contributed by atoms with Crippen molar-refractivity contribution in [2.45, 2.75) is 20.0 Å². The van der Waals surface area contributed by atoms with Gasteiger partial charge in [0.05, 0.1) is 13.7 Å². The third-order valence-electron chi connectivity index (χ3n) is 3.26. The van der Waals surface area contributed by atoms with Gasteiger partial charge in [0.1, 0.15) is 11.5 Å². The van der Waals surface area contributed by atoms with Crippen LogP contribution < -0.4 is 14.8 Å². The number of para-hydroxylation sites is 1. The van der Waals surface area contributed by atoms with Crippen LogP contribution in [0.1, 0.15) is 18.1 Å². The van der Waals surface area contributed by atoms with Crippen molar-refractivity contribution in [1.82, 2.24) is 5.32 Å². The molecule has 7 heteroatoms. The molecule has 0 fully saturated rings. The standard InChI is InChI=1S/C17H21NO2.C2H2O4/c1-3-20-17-7-5-4-6-15(17)13-18-12-14-8-10-16(19-2)11-9-14;3-1(4)2(5)6/h4-11,18H,3,12-13H2,1-2H3;(H,3,4)(H,5,6). The molecule has 2 aromatic rings. The fourth-order valence-corrected chi connectivity index (χ4v) is 2.03. The van der Waals surface area contributed by atoms with Crippen molar-refractivity contribution in [3.05, 3.63) is 59.7 Å². The quantitative estimate of drug-likeness (QED) is 0.651. The monoisotopic (exact) mass is 361 g/mol. The Morgan fingerprint density at radius 3 is 2.12 bits per heavy atom. The lowest BCUT2D eigenvalue weighted by Crippen LogP contribution is -2.13. The van der Waals surface area contributed by atoms with Crippen molar-refractivity contribution in [3.8, 4) is 11.5 Å². The molecule has 0 saturated heterocycles. The van der Waals surface area contributed by atoms with Crippen LogP contribution in [0, 0.1) is 0 Å². The molecule has 26 heavy (non-hydrogen) atoms. The predicted octanol–water partition coefficient (Wildman–Crippen LogP) is 2.54. The summed E-state index contributed by atoms with van der Waals surface area (Å²) in [5, 5.41) is 18.2. The van der Waals surface area contributed by atoms with Crippen molar-refractivity contribution in [2.24, 2.45) is 0 Å². The van der Waals surface area contributed by atoms with Gasteiger partial charge >= 0.3 is 11.9 Å². The smallest absolute Gasteiger partial charge is 0.414 e. The van der Waals surface area contributed by atoms with Gasteiger partial charge in [0, 0.05) is 18.7 Å². The number of hydrogen-bond donors (Lipinski definition) is 3. The molecule has 0 spiro atoms. The van der Waals surface area contributed by atoms with Crippen LogP contribution in [0.3, 0.4) is 0 Å². The fourth-order valence-electron chi connectivity index (χ4n) is 2.03. The number of carbonyl (C=O) groups is 2. The molecule has 0 aromatic heterocycles. The number of nitrogens with one attached hydrogen (secondary N) is 1. The van der Waals surface area contributed by atoms with E-state index in [0.717, 1.165) is 24.6 Å². The number of hydrogen-bond acceptors (Lipinski definition) is 5. The number of methoxy groups -OCH3 is 1. The number of carboxylic acid groups (broad SMARTS) is 2. The maximum atomic E-state index is 9.10. The first-order valence-corrected chi connectivity index (χ1v) is 7.98. The van der Waals surface area contributed by atoms with Crippen LogP contribution in [0.15, 0.2) is 48.5 Å².